The predicted octanol–water partition coefficient (Wildman–Crippen LogP) is -0.271. The number of carboxylic acids is 1. The summed E-state index contributed by atoms with van der Waals surface area (Å²) in [6, 6.07) is 6.85. The van der Waals surface area contributed by atoms with Crippen LogP contribution < -0.4 is 11.1 Å². The number of aliphatic carboxylic acids is 1. The zero-order valence-electron chi connectivity index (χ0n) is 11.6. The fourth-order valence-corrected chi connectivity index (χ4v) is 1.74. The molecule has 1 unspecified atom stereocenters. The smallest absolute Gasteiger partial charge is 0.326 e. The average molecular weight is 294 g/mol. The van der Waals surface area contributed by atoms with Crippen molar-refractivity contribution in [1.29, 1.82) is 0 Å². The average Bonchev–Trinajstić information content (AvgIpc) is 2.43. The van der Waals surface area contributed by atoms with Crippen molar-refractivity contribution >= 4 is 17.8 Å². The van der Waals surface area contributed by atoms with Crippen LogP contribution in [0.1, 0.15) is 25.3 Å². The third kappa shape index (κ3) is 4.57. The van der Waals surface area contributed by atoms with Crippen molar-refractivity contribution < 1.29 is 24.6 Å². The van der Waals surface area contributed by atoms with Gasteiger partial charge in [-0.25, -0.2) is 4.79 Å². The van der Waals surface area contributed by atoms with Crippen LogP contribution in [0.3, 0.4) is 0 Å². The lowest BCUT2D eigenvalue weighted by Gasteiger charge is -2.25. The van der Waals surface area contributed by atoms with Gasteiger partial charge in [-0.2, -0.15) is 0 Å². The molecule has 0 aliphatic heterocycles. The summed E-state index contributed by atoms with van der Waals surface area (Å²) in [4.78, 5) is 33.8. The first-order valence-electron chi connectivity index (χ1n) is 6.35. The molecule has 1 aromatic rings. The lowest BCUT2D eigenvalue weighted by molar-refractivity contribution is -0.147. The van der Waals surface area contributed by atoms with E-state index in [1.54, 1.807) is 30.3 Å². The highest BCUT2D eigenvalue weighted by atomic mass is 16.4. The maximum absolute atomic E-state index is 12.1. The Bertz CT molecular complexity index is 527. The molecule has 0 saturated carbocycles. The Balaban J connectivity index is 2.81. The fraction of sp³-hybridized carbons (Fsp3) is 0.357. The van der Waals surface area contributed by atoms with Crippen LogP contribution in [-0.2, 0) is 20.0 Å². The molecule has 7 nitrogen and oxygen atoms in total. The number of carbonyl (C=O) groups is 3. The summed E-state index contributed by atoms with van der Waals surface area (Å²) in [6.07, 6.45) is -0.313. The summed E-state index contributed by atoms with van der Waals surface area (Å²) in [5.41, 5.74) is 3.42. The topological polar surface area (TPSA) is 130 Å². The second-order valence-corrected chi connectivity index (χ2v) is 4.81. The molecule has 0 aliphatic carbocycles. The Morgan fingerprint density at radius 1 is 1.29 bits per heavy atom. The minimum Gasteiger partial charge on any atom is -0.480 e. The molecule has 7 heteroatoms. The van der Waals surface area contributed by atoms with Gasteiger partial charge in [-0.3, -0.25) is 9.59 Å². The number of amides is 2. The van der Waals surface area contributed by atoms with Gasteiger partial charge in [0, 0.05) is 6.42 Å². The Labute approximate surface area is 121 Å². The van der Waals surface area contributed by atoms with Crippen LogP contribution in [0.25, 0.3) is 0 Å². The number of carboxylic acid groups (broad SMARTS) is 1. The van der Waals surface area contributed by atoms with E-state index in [9.17, 15) is 19.5 Å². The molecule has 2 atom stereocenters. The molecule has 0 radical (unpaired) electrons. The molecule has 1 aromatic carbocycles. The first kappa shape index (κ1) is 16.6. The Kier molecular flexibility index (Phi) is 5.43. The number of nitrogens with two attached hydrogens (primary N) is 1. The van der Waals surface area contributed by atoms with Crippen LogP contribution in [-0.4, -0.2) is 34.0 Å². The van der Waals surface area contributed by atoms with Crippen LogP contribution >= 0.6 is 0 Å². The maximum atomic E-state index is 12.1. The Morgan fingerprint density at radius 2 is 1.86 bits per heavy atom. The number of nitrogens with one attached hydrogen (secondary N) is 1. The van der Waals surface area contributed by atoms with Gasteiger partial charge in [-0.15, -0.1) is 0 Å². The van der Waals surface area contributed by atoms with E-state index in [1.807, 2.05) is 0 Å². The van der Waals surface area contributed by atoms with Gasteiger partial charge in [0.15, 0.2) is 5.60 Å². The van der Waals surface area contributed by atoms with E-state index in [0.717, 1.165) is 0 Å². The van der Waals surface area contributed by atoms with Crippen LogP contribution in [0.15, 0.2) is 30.3 Å². The largest absolute Gasteiger partial charge is 0.480 e. The summed E-state index contributed by atoms with van der Waals surface area (Å²) in [5, 5.41) is 21.5. The summed E-state index contributed by atoms with van der Waals surface area (Å²) in [5.74, 6) is -2.82. The SMILES string of the molecule is CC(O)(C(=O)N[C@@H](CCC(N)=O)C(=O)O)c1ccccc1. The molecule has 0 fully saturated rings. The second kappa shape index (κ2) is 6.85. The van der Waals surface area contributed by atoms with E-state index in [0.29, 0.717) is 5.56 Å². The molecule has 114 valence electrons. The molecule has 0 aliphatic rings. The highest BCUT2D eigenvalue weighted by Gasteiger charge is 2.35. The highest BCUT2D eigenvalue weighted by Crippen LogP contribution is 2.20. The van der Waals surface area contributed by atoms with E-state index < -0.39 is 29.4 Å². The van der Waals surface area contributed by atoms with Gasteiger partial charge in [0.1, 0.15) is 6.04 Å². The lowest BCUT2D eigenvalue weighted by atomic mass is 9.94. The second-order valence-electron chi connectivity index (χ2n) is 4.81. The van der Waals surface area contributed by atoms with E-state index in [2.05, 4.69) is 5.32 Å². The van der Waals surface area contributed by atoms with Crippen molar-refractivity contribution in [1.82, 2.24) is 5.32 Å². The van der Waals surface area contributed by atoms with Crippen molar-refractivity contribution in [3.8, 4) is 0 Å². The molecule has 0 bridgehead atoms. The minimum atomic E-state index is -1.87. The molecule has 0 aromatic heterocycles. The van der Waals surface area contributed by atoms with E-state index >= 15 is 0 Å². The van der Waals surface area contributed by atoms with Gasteiger partial charge in [-0.1, -0.05) is 30.3 Å². The van der Waals surface area contributed by atoms with Crippen molar-refractivity contribution in [2.45, 2.75) is 31.4 Å². The van der Waals surface area contributed by atoms with Crippen LogP contribution in [0.4, 0.5) is 0 Å². The number of aliphatic hydroxyl groups is 1. The molecule has 2 amide bonds. The standard InChI is InChI=1S/C14H18N2O5/c1-14(21,9-5-3-2-4-6-9)13(20)16-10(12(18)19)7-8-11(15)17/h2-6,10,21H,7-8H2,1H3,(H2,15,17)(H,16,20)(H,18,19)/t10-,14?/m0/s1. The summed E-state index contributed by atoms with van der Waals surface area (Å²) >= 11 is 0. The number of rotatable bonds is 7. The molecular weight excluding hydrogens is 276 g/mol. The molecule has 0 saturated heterocycles. The van der Waals surface area contributed by atoms with Crippen molar-refractivity contribution in [2.24, 2.45) is 5.73 Å². The highest BCUT2D eigenvalue weighted by molar-refractivity contribution is 5.90. The zero-order valence-corrected chi connectivity index (χ0v) is 11.6. The Hall–Kier alpha value is -2.41. The first-order chi connectivity index (χ1) is 9.75. The molecule has 1 rings (SSSR count). The minimum absolute atomic E-state index is 0.138. The number of benzene rings is 1. The van der Waals surface area contributed by atoms with Gasteiger partial charge < -0.3 is 21.3 Å². The van der Waals surface area contributed by atoms with Gasteiger partial charge in [0.2, 0.25) is 5.91 Å². The number of hydrogen-bond donors (Lipinski definition) is 4. The van der Waals surface area contributed by atoms with Crippen LogP contribution in [0, 0.1) is 0 Å². The van der Waals surface area contributed by atoms with Crippen molar-refractivity contribution in [3.63, 3.8) is 0 Å². The van der Waals surface area contributed by atoms with Crippen LogP contribution in [0.5, 0.6) is 0 Å². The molecular formula is C14H18N2O5. The first-order valence-corrected chi connectivity index (χ1v) is 6.35. The zero-order chi connectivity index (χ0) is 16.0. The Morgan fingerprint density at radius 3 is 2.33 bits per heavy atom. The molecule has 5 N–H and O–H groups in total. The molecule has 21 heavy (non-hydrogen) atoms. The van der Waals surface area contributed by atoms with Gasteiger partial charge in [0.05, 0.1) is 0 Å². The third-order valence-electron chi connectivity index (χ3n) is 3.06. The van der Waals surface area contributed by atoms with E-state index in [-0.39, 0.29) is 12.8 Å². The monoisotopic (exact) mass is 294 g/mol. The van der Waals surface area contributed by atoms with Gasteiger partial charge in [0.25, 0.3) is 5.91 Å². The third-order valence-corrected chi connectivity index (χ3v) is 3.06. The quantitative estimate of drug-likeness (QED) is 0.550. The molecule has 0 spiro atoms. The van der Waals surface area contributed by atoms with Crippen molar-refractivity contribution in [3.05, 3.63) is 35.9 Å². The lowest BCUT2D eigenvalue weighted by Crippen LogP contribution is -2.49. The van der Waals surface area contributed by atoms with E-state index in [1.165, 1.54) is 6.92 Å². The van der Waals surface area contributed by atoms with Crippen LogP contribution in [0.2, 0.25) is 0 Å². The van der Waals surface area contributed by atoms with Gasteiger partial charge in [-0.05, 0) is 18.9 Å². The summed E-state index contributed by atoms with van der Waals surface area (Å²) in [6.45, 7) is 1.27. The normalized spacial score (nSPS) is 14.8. The fourth-order valence-electron chi connectivity index (χ4n) is 1.74. The number of carbonyl (C=O) groups excluding carboxylic acids is 2. The van der Waals surface area contributed by atoms with Crippen molar-refractivity contribution in [2.75, 3.05) is 0 Å². The number of hydrogen-bond acceptors (Lipinski definition) is 4. The van der Waals surface area contributed by atoms with E-state index in [4.69, 9.17) is 10.8 Å². The number of primary amides is 1. The predicted molar refractivity (Wildman–Crippen MR) is 74.0 cm³/mol. The molecule has 0 heterocycles. The summed E-state index contributed by atoms with van der Waals surface area (Å²) in [7, 11) is 0. The van der Waals surface area contributed by atoms with Gasteiger partial charge >= 0.3 is 5.97 Å². The summed E-state index contributed by atoms with van der Waals surface area (Å²) < 4.78 is 0. The maximum Gasteiger partial charge on any atom is 0.326 e.